The lowest BCUT2D eigenvalue weighted by molar-refractivity contribution is -0.124. The Balaban J connectivity index is 1.96. The molecule has 0 spiro atoms. The number of piperazine rings is 1. The Hall–Kier alpha value is -1.43. The van der Waals surface area contributed by atoms with Crippen molar-refractivity contribution in [3.8, 4) is 0 Å². The van der Waals surface area contributed by atoms with Crippen molar-refractivity contribution in [3.63, 3.8) is 0 Å². The van der Waals surface area contributed by atoms with Gasteiger partial charge in [-0.05, 0) is 11.0 Å². The number of aliphatic hydroxyl groups is 1. The average molecular weight is 319 g/mol. The third-order valence-electron chi connectivity index (χ3n) is 4.59. The summed E-state index contributed by atoms with van der Waals surface area (Å²) in [5.41, 5.74) is 6.47. The monoisotopic (exact) mass is 319 g/mol. The molecule has 0 aromatic heterocycles. The molecule has 1 aliphatic heterocycles. The van der Waals surface area contributed by atoms with Crippen LogP contribution in [0.25, 0.3) is 0 Å². The van der Waals surface area contributed by atoms with E-state index in [2.05, 4.69) is 9.80 Å². The molecular weight excluding hydrogens is 290 g/mol. The van der Waals surface area contributed by atoms with Crippen LogP contribution in [0.3, 0.4) is 0 Å². The number of rotatable bonds is 5. The maximum absolute atomic E-state index is 11.9. The van der Waals surface area contributed by atoms with Crippen LogP contribution in [-0.2, 0) is 4.79 Å². The lowest BCUT2D eigenvalue weighted by Crippen LogP contribution is -2.52. The summed E-state index contributed by atoms with van der Waals surface area (Å²) in [6.07, 6.45) is -0.352. The van der Waals surface area contributed by atoms with Crippen LogP contribution in [0.4, 0.5) is 0 Å². The zero-order valence-corrected chi connectivity index (χ0v) is 14.4. The first-order valence-corrected chi connectivity index (χ1v) is 8.28. The molecule has 2 rings (SSSR count). The largest absolute Gasteiger partial charge is 0.391 e. The first kappa shape index (κ1) is 17.9. The van der Waals surface area contributed by atoms with Crippen LogP contribution in [0.15, 0.2) is 30.3 Å². The van der Waals surface area contributed by atoms with E-state index in [4.69, 9.17) is 5.73 Å². The molecule has 2 atom stereocenters. The molecule has 5 heteroatoms. The molecule has 0 aliphatic carbocycles. The third kappa shape index (κ3) is 4.77. The van der Waals surface area contributed by atoms with E-state index < -0.39 is 0 Å². The highest BCUT2D eigenvalue weighted by Gasteiger charge is 2.31. The summed E-state index contributed by atoms with van der Waals surface area (Å²) in [5.74, 6) is -0.306. The van der Waals surface area contributed by atoms with Gasteiger partial charge in [0.25, 0.3) is 0 Å². The van der Waals surface area contributed by atoms with Crippen LogP contribution < -0.4 is 5.73 Å². The van der Waals surface area contributed by atoms with E-state index in [-0.39, 0.29) is 23.5 Å². The predicted octanol–water partition coefficient (Wildman–Crippen LogP) is 1.24. The third-order valence-corrected chi connectivity index (χ3v) is 4.59. The molecule has 3 N–H and O–H groups in total. The van der Waals surface area contributed by atoms with Gasteiger partial charge in [0.1, 0.15) is 6.04 Å². The van der Waals surface area contributed by atoms with Gasteiger partial charge in [-0.15, -0.1) is 0 Å². The Morgan fingerprint density at radius 1 is 1.17 bits per heavy atom. The number of β-amino-alcohol motifs (C(OH)–C–C–N with tert-alkyl or cyclic N) is 1. The molecule has 1 fully saturated rings. The van der Waals surface area contributed by atoms with Crippen molar-refractivity contribution >= 4 is 5.91 Å². The van der Waals surface area contributed by atoms with Gasteiger partial charge in [-0.25, -0.2) is 0 Å². The van der Waals surface area contributed by atoms with Crippen LogP contribution >= 0.6 is 0 Å². The SMILES string of the molecule is CC(C)(C)[C@H](O)CN1CCN([C@@H](C(N)=O)c2ccccc2)CC1. The van der Waals surface area contributed by atoms with Gasteiger partial charge in [-0.3, -0.25) is 14.6 Å². The van der Waals surface area contributed by atoms with E-state index in [0.717, 1.165) is 31.7 Å². The molecule has 5 nitrogen and oxygen atoms in total. The molecule has 1 saturated heterocycles. The highest BCUT2D eigenvalue weighted by Crippen LogP contribution is 2.24. The second kappa shape index (κ2) is 7.43. The van der Waals surface area contributed by atoms with Crippen molar-refractivity contribution in [2.24, 2.45) is 11.1 Å². The topological polar surface area (TPSA) is 69.8 Å². The van der Waals surface area contributed by atoms with Crippen molar-refractivity contribution in [2.75, 3.05) is 32.7 Å². The van der Waals surface area contributed by atoms with Gasteiger partial charge in [0, 0.05) is 32.7 Å². The first-order chi connectivity index (χ1) is 10.8. The summed E-state index contributed by atoms with van der Waals surface area (Å²) >= 11 is 0. The molecule has 1 aliphatic rings. The van der Waals surface area contributed by atoms with Crippen molar-refractivity contribution in [2.45, 2.75) is 32.9 Å². The van der Waals surface area contributed by atoms with Gasteiger partial charge in [0.2, 0.25) is 5.91 Å². The van der Waals surface area contributed by atoms with Gasteiger partial charge in [0.15, 0.2) is 0 Å². The zero-order valence-electron chi connectivity index (χ0n) is 14.4. The number of primary amides is 1. The van der Waals surface area contributed by atoms with E-state index in [1.807, 2.05) is 51.1 Å². The van der Waals surface area contributed by atoms with Crippen LogP contribution in [0, 0.1) is 5.41 Å². The second-order valence-corrected chi connectivity index (χ2v) is 7.43. The summed E-state index contributed by atoms with van der Waals surface area (Å²) in [6, 6.07) is 9.33. The average Bonchev–Trinajstić information content (AvgIpc) is 2.49. The summed E-state index contributed by atoms with van der Waals surface area (Å²) in [4.78, 5) is 16.3. The maximum Gasteiger partial charge on any atom is 0.239 e. The van der Waals surface area contributed by atoms with E-state index in [9.17, 15) is 9.90 Å². The Morgan fingerprint density at radius 3 is 2.22 bits per heavy atom. The van der Waals surface area contributed by atoms with E-state index >= 15 is 0 Å². The van der Waals surface area contributed by atoms with Crippen LogP contribution in [-0.4, -0.2) is 59.6 Å². The Morgan fingerprint density at radius 2 is 1.74 bits per heavy atom. The molecule has 128 valence electrons. The lowest BCUT2D eigenvalue weighted by Gasteiger charge is -2.40. The fraction of sp³-hybridized carbons (Fsp3) is 0.611. The highest BCUT2D eigenvalue weighted by molar-refractivity contribution is 5.81. The molecule has 1 aromatic rings. The summed E-state index contributed by atoms with van der Waals surface area (Å²) < 4.78 is 0. The quantitative estimate of drug-likeness (QED) is 0.857. The van der Waals surface area contributed by atoms with E-state index in [1.165, 1.54) is 0 Å². The Kier molecular flexibility index (Phi) is 5.79. The van der Waals surface area contributed by atoms with Gasteiger partial charge in [0.05, 0.1) is 6.10 Å². The maximum atomic E-state index is 11.9. The minimum atomic E-state index is -0.370. The minimum Gasteiger partial charge on any atom is -0.391 e. The number of nitrogens with two attached hydrogens (primary N) is 1. The number of nitrogens with zero attached hydrogens (tertiary/aromatic N) is 2. The number of hydrogen-bond acceptors (Lipinski definition) is 4. The summed E-state index contributed by atoms with van der Waals surface area (Å²) in [7, 11) is 0. The summed E-state index contributed by atoms with van der Waals surface area (Å²) in [6.45, 7) is 10.0. The molecule has 1 amide bonds. The zero-order chi connectivity index (χ0) is 17.0. The molecule has 0 radical (unpaired) electrons. The van der Waals surface area contributed by atoms with Gasteiger partial charge in [-0.1, -0.05) is 51.1 Å². The molecule has 1 aromatic carbocycles. The van der Waals surface area contributed by atoms with Crippen LogP contribution in [0.1, 0.15) is 32.4 Å². The normalized spacial score (nSPS) is 20.2. The number of carbonyl (C=O) groups is 1. The standard InChI is InChI=1S/C18H29N3O2/c1-18(2,3)15(22)13-20-9-11-21(12-10-20)16(17(19)23)14-7-5-4-6-8-14/h4-8,15-16,22H,9-13H2,1-3H3,(H2,19,23)/t15-,16-/m1/s1. The number of amides is 1. The number of aliphatic hydroxyl groups excluding tert-OH is 1. The van der Waals surface area contributed by atoms with E-state index in [1.54, 1.807) is 0 Å². The molecule has 1 heterocycles. The van der Waals surface area contributed by atoms with Gasteiger partial charge in [-0.2, -0.15) is 0 Å². The Labute approximate surface area is 139 Å². The minimum absolute atomic E-state index is 0.114. The lowest BCUT2D eigenvalue weighted by atomic mass is 9.89. The fourth-order valence-electron chi connectivity index (χ4n) is 2.91. The first-order valence-electron chi connectivity index (χ1n) is 8.28. The van der Waals surface area contributed by atoms with Crippen molar-refractivity contribution in [1.29, 1.82) is 0 Å². The predicted molar refractivity (Wildman–Crippen MR) is 91.9 cm³/mol. The fourth-order valence-corrected chi connectivity index (χ4v) is 2.91. The van der Waals surface area contributed by atoms with Gasteiger partial charge < -0.3 is 10.8 Å². The molecular formula is C18H29N3O2. The van der Waals surface area contributed by atoms with Crippen LogP contribution in [0.5, 0.6) is 0 Å². The number of benzene rings is 1. The molecule has 0 bridgehead atoms. The smallest absolute Gasteiger partial charge is 0.239 e. The van der Waals surface area contributed by atoms with Crippen molar-refractivity contribution in [1.82, 2.24) is 9.80 Å². The second-order valence-electron chi connectivity index (χ2n) is 7.43. The molecule has 0 unspecified atom stereocenters. The van der Waals surface area contributed by atoms with Crippen LogP contribution in [0.2, 0.25) is 0 Å². The van der Waals surface area contributed by atoms with Crippen molar-refractivity contribution in [3.05, 3.63) is 35.9 Å². The number of hydrogen-bond donors (Lipinski definition) is 2. The number of carbonyl (C=O) groups excluding carboxylic acids is 1. The van der Waals surface area contributed by atoms with Gasteiger partial charge >= 0.3 is 0 Å². The van der Waals surface area contributed by atoms with Crippen molar-refractivity contribution < 1.29 is 9.90 Å². The highest BCUT2D eigenvalue weighted by atomic mass is 16.3. The summed E-state index contributed by atoms with van der Waals surface area (Å²) in [5, 5.41) is 10.2. The molecule has 0 saturated carbocycles. The molecule has 23 heavy (non-hydrogen) atoms. The Bertz CT molecular complexity index is 505. The van der Waals surface area contributed by atoms with E-state index in [0.29, 0.717) is 6.54 Å².